The standard InChI is InChI=1S/C14H16N2O2/c15-10-5-1-3-9(7-10)4-2-6-16-13(17)11-8-12(11)14(16)18/h1,3,5,7,11-12H,2,4,6,8,15H2. The molecule has 4 heteroatoms. The van der Waals surface area contributed by atoms with Gasteiger partial charge in [0.2, 0.25) is 11.8 Å². The molecule has 1 aliphatic heterocycles. The molecule has 0 bridgehead atoms. The summed E-state index contributed by atoms with van der Waals surface area (Å²) in [6.07, 6.45) is 2.43. The molecule has 4 nitrogen and oxygen atoms in total. The fourth-order valence-corrected chi connectivity index (χ4v) is 2.66. The summed E-state index contributed by atoms with van der Waals surface area (Å²) in [4.78, 5) is 24.9. The molecule has 94 valence electrons. The number of piperidine rings is 1. The van der Waals surface area contributed by atoms with E-state index in [9.17, 15) is 9.59 Å². The second-order valence-electron chi connectivity index (χ2n) is 5.13. The Balaban J connectivity index is 1.53. The molecule has 1 aliphatic carbocycles. The zero-order valence-corrected chi connectivity index (χ0v) is 10.1. The van der Waals surface area contributed by atoms with Crippen molar-refractivity contribution in [3.05, 3.63) is 29.8 Å². The van der Waals surface area contributed by atoms with Gasteiger partial charge in [0.1, 0.15) is 0 Å². The van der Waals surface area contributed by atoms with Gasteiger partial charge in [-0.1, -0.05) is 12.1 Å². The lowest BCUT2D eigenvalue weighted by Gasteiger charge is -2.16. The van der Waals surface area contributed by atoms with Crippen LogP contribution in [0.2, 0.25) is 0 Å². The smallest absolute Gasteiger partial charge is 0.233 e. The Morgan fingerprint density at radius 1 is 1.22 bits per heavy atom. The molecule has 2 N–H and O–H groups in total. The second kappa shape index (κ2) is 4.12. The Kier molecular flexibility index (Phi) is 2.58. The quantitative estimate of drug-likeness (QED) is 0.639. The van der Waals surface area contributed by atoms with Gasteiger partial charge >= 0.3 is 0 Å². The molecule has 1 heterocycles. The predicted molar refractivity (Wildman–Crippen MR) is 67.5 cm³/mol. The van der Waals surface area contributed by atoms with E-state index in [1.165, 1.54) is 4.90 Å². The summed E-state index contributed by atoms with van der Waals surface area (Å²) < 4.78 is 0. The summed E-state index contributed by atoms with van der Waals surface area (Å²) in [5.74, 6) is 0.116. The van der Waals surface area contributed by atoms with Gasteiger partial charge in [-0.3, -0.25) is 14.5 Å². The van der Waals surface area contributed by atoms with Gasteiger partial charge < -0.3 is 5.73 Å². The normalized spacial score (nSPS) is 25.4. The summed E-state index contributed by atoms with van der Waals surface area (Å²) in [5, 5.41) is 0. The number of nitrogens with zero attached hydrogens (tertiary/aromatic N) is 1. The molecule has 2 aliphatic rings. The summed E-state index contributed by atoms with van der Waals surface area (Å²) in [6.45, 7) is 0.541. The van der Waals surface area contributed by atoms with E-state index in [4.69, 9.17) is 5.73 Å². The number of anilines is 1. The number of likely N-dealkylation sites (tertiary alicyclic amines) is 1. The third-order valence-corrected chi connectivity index (χ3v) is 3.76. The number of imide groups is 1. The fraction of sp³-hybridized carbons (Fsp3) is 0.429. The zero-order valence-electron chi connectivity index (χ0n) is 10.1. The molecule has 1 aromatic carbocycles. The Hall–Kier alpha value is -1.84. The third kappa shape index (κ3) is 1.88. The Morgan fingerprint density at radius 3 is 2.61 bits per heavy atom. The molecule has 18 heavy (non-hydrogen) atoms. The maximum atomic E-state index is 11.7. The number of fused-ring (bicyclic) bond motifs is 1. The lowest BCUT2D eigenvalue weighted by atomic mass is 10.1. The molecule has 2 unspecified atom stereocenters. The minimum atomic E-state index is 0.0184. The van der Waals surface area contributed by atoms with Crippen molar-refractivity contribution in [1.82, 2.24) is 4.90 Å². The second-order valence-corrected chi connectivity index (χ2v) is 5.13. The number of carbonyl (C=O) groups is 2. The number of rotatable bonds is 4. The molecule has 1 saturated heterocycles. The highest BCUT2D eigenvalue weighted by molar-refractivity contribution is 6.08. The van der Waals surface area contributed by atoms with Gasteiger partial charge in [0.25, 0.3) is 0 Å². The first-order chi connectivity index (χ1) is 8.66. The van der Waals surface area contributed by atoms with E-state index in [2.05, 4.69) is 0 Å². The van der Waals surface area contributed by atoms with Crippen LogP contribution in [0.5, 0.6) is 0 Å². The van der Waals surface area contributed by atoms with Crippen LogP contribution in [0.4, 0.5) is 5.69 Å². The first-order valence-corrected chi connectivity index (χ1v) is 6.36. The minimum absolute atomic E-state index is 0.0184. The van der Waals surface area contributed by atoms with Crippen LogP contribution in [0.1, 0.15) is 18.4 Å². The molecular weight excluding hydrogens is 228 g/mol. The highest BCUT2D eigenvalue weighted by atomic mass is 16.2. The van der Waals surface area contributed by atoms with Crippen LogP contribution in [0.3, 0.4) is 0 Å². The number of carbonyl (C=O) groups excluding carboxylic acids is 2. The first kappa shape index (κ1) is 11.3. The number of hydrogen-bond donors (Lipinski definition) is 1. The van der Waals surface area contributed by atoms with Gasteiger partial charge in [0, 0.05) is 12.2 Å². The van der Waals surface area contributed by atoms with Crippen molar-refractivity contribution >= 4 is 17.5 Å². The average molecular weight is 244 g/mol. The average Bonchev–Trinajstić information content (AvgIpc) is 3.09. The van der Waals surface area contributed by atoms with Crippen molar-refractivity contribution in [3.8, 4) is 0 Å². The zero-order chi connectivity index (χ0) is 12.7. The molecule has 0 aromatic heterocycles. The number of amides is 2. The van der Waals surface area contributed by atoms with Crippen molar-refractivity contribution in [1.29, 1.82) is 0 Å². The molecule has 1 saturated carbocycles. The van der Waals surface area contributed by atoms with Crippen LogP contribution < -0.4 is 5.73 Å². The predicted octanol–water partition coefficient (Wildman–Crippen LogP) is 1.21. The van der Waals surface area contributed by atoms with Crippen LogP contribution in [-0.2, 0) is 16.0 Å². The molecule has 0 radical (unpaired) electrons. The lowest BCUT2D eigenvalue weighted by molar-refractivity contribution is -0.141. The van der Waals surface area contributed by atoms with E-state index in [-0.39, 0.29) is 23.7 Å². The number of hydrogen-bond acceptors (Lipinski definition) is 3. The molecule has 2 fully saturated rings. The van der Waals surface area contributed by atoms with Crippen LogP contribution in [-0.4, -0.2) is 23.3 Å². The van der Waals surface area contributed by atoms with E-state index < -0.39 is 0 Å². The molecule has 1 aromatic rings. The Bertz CT molecular complexity index is 492. The summed E-state index contributed by atoms with van der Waals surface area (Å²) in [6, 6.07) is 7.73. The van der Waals surface area contributed by atoms with Crippen molar-refractivity contribution in [3.63, 3.8) is 0 Å². The summed E-state index contributed by atoms with van der Waals surface area (Å²) >= 11 is 0. The molecule has 2 atom stereocenters. The van der Waals surface area contributed by atoms with Gasteiger partial charge in [-0.05, 0) is 37.0 Å². The number of benzene rings is 1. The number of nitrogen functional groups attached to an aromatic ring is 1. The van der Waals surface area contributed by atoms with Gasteiger partial charge in [-0.15, -0.1) is 0 Å². The number of nitrogens with two attached hydrogens (primary N) is 1. The van der Waals surface area contributed by atoms with Crippen molar-refractivity contribution in [2.45, 2.75) is 19.3 Å². The van der Waals surface area contributed by atoms with Gasteiger partial charge in [0.05, 0.1) is 11.8 Å². The topological polar surface area (TPSA) is 63.4 Å². The fourth-order valence-electron chi connectivity index (χ4n) is 2.66. The van der Waals surface area contributed by atoms with E-state index in [1.807, 2.05) is 24.3 Å². The Labute approximate surface area is 106 Å². The minimum Gasteiger partial charge on any atom is -0.399 e. The maximum Gasteiger partial charge on any atom is 0.233 e. The van der Waals surface area contributed by atoms with Gasteiger partial charge in [-0.2, -0.15) is 0 Å². The van der Waals surface area contributed by atoms with Crippen LogP contribution in [0, 0.1) is 11.8 Å². The van der Waals surface area contributed by atoms with Gasteiger partial charge in [0.15, 0.2) is 0 Å². The van der Waals surface area contributed by atoms with Crippen molar-refractivity contribution in [2.75, 3.05) is 12.3 Å². The highest BCUT2D eigenvalue weighted by Gasteiger charge is 2.58. The molecule has 2 amide bonds. The third-order valence-electron chi connectivity index (χ3n) is 3.76. The van der Waals surface area contributed by atoms with Crippen molar-refractivity contribution in [2.24, 2.45) is 11.8 Å². The van der Waals surface area contributed by atoms with Gasteiger partial charge in [-0.25, -0.2) is 0 Å². The largest absolute Gasteiger partial charge is 0.399 e. The van der Waals surface area contributed by atoms with Crippen LogP contribution in [0.15, 0.2) is 24.3 Å². The first-order valence-electron chi connectivity index (χ1n) is 6.36. The van der Waals surface area contributed by atoms with E-state index >= 15 is 0 Å². The summed E-state index contributed by atoms with van der Waals surface area (Å²) in [7, 11) is 0. The van der Waals surface area contributed by atoms with Crippen LogP contribution in [0.25, 0.3) is 0 Å². The summed E-state index contributed by atoms with van der Waals surface area (Å²) in [5.41, 5.74) is 7.61. The monoisotopic (exact) mass is 244 g/mol. The maximum absolute atomic E-state index is 11.7. The lowest BCUT2D eigenvalue weighted by Crippen LogP contribution is -2.33. The highest BCUT2D eigenvalue weighted by Crippen LogP contribution is 2.46. The van der Waals surface area contributed by atoms with E-state index in [0.29, 0.717) is 6.54 Å². The molecular formula is C14H16N2O2. The van der Waals surface area contributed by atoms with Crippen molar-refractivity contribution < 1.29 is 9.59 Å². The number of aryl methyl sites for hydroxylation is 1. The van der Waals surface area contributed by atoms with Crippen LogP contribution >= 0.6 is 0 Å². The van der Waals surface area contributed by atoms with E-state index in [0.717, 1.165) is 30.5 Å². The SMILES string of the molecule is Nc1cccc(CCCN2C(=O)C3CC3C2=O)c1. The molecule has 3 rings (SSSR count). The molecule has 0 spiro atoms. The Morgan fingerprint density at radius 2 is 1.94 bits per heavy atom. The van der Waals surface area contributed by atoms with E-state index in [1.54, 1.807) is 0 Å².